The molecular weight excluding hydrogens is 216 g/mol. The maximum absolute atomic E-state index is 11.3. The van der Waals surface area contributed by atoms with Gasteiger partial charge in [0.25, 0.3) is 0 Å². The van der Waals surface area contributed by atoms with E-state index in [0.29, 0.717) is 25.6 Å². The van der Waals surface area contributed by atoms with Crippen LogP contribution in [0.5, 0.6) is 0 Å². The molecule has 1 amide bonds. The molecule has 0 rings (SSSR count). The zero-order valence-corrected chi connectivity index (χ0v) is 10.6. The van der Waals surface area contributed by atoms with Gasteiger partial charge in [-0.05, 0) is 19.3 Å². The average Bonchev–Trinajstić information content (AvgIpc) is 2.13. The molecule has 1 atom stereocenters. The van der Waals surface area contributed by atoms with Gasteiger partial charge in [-0.1, -0.05) is 13.8 Å². The highest BCUT2D eigenvalue weighted by molar-refractivity contribution is 5.85. The molecule has 0 heterocycles. The molecule has 0 saturated carbocycles. The van der Waals surface area contributed by atoms with Crippen LogP contribution in [0.3, 0.4) is 0 Å². The topological polar surface area (TPSA) is 64.3 Å². The summed E-state index contributed by atoms with van der Waals surface area (Å²) in [6.07, 6.45) is 0.606. The highest BCUT2D eigenvalue weighted by Crippen LogP contribution is 2.01. The fraction of sp³-hybridized carbons (Fsp3) is 0.900. The maximum atomic E-state index is 11.3. The molecule has 0 radical (unpaired) electrons. The maximum Gasteiger partial charge on any atom is 0.248 e. The minimum atomic E-state index is -0.375. The van der Waals surface area contributed by atoms with E-state index in [0.717, 1.165) is 6.42 Å². The van der Waals surface area contributed by atoms with Crippen molar-refractivity contribution in [3.8, 4) is 0 Å². The number of nitrogens with one attached hydrogen (secondary N) is 1. The molecule has 4 nitrogen and oxygen atoms in total. The quantitative estimate of drug-likeness (QED) is 0.694. The Morgan fingerprint density at radius 1 is 1.40 bits per heavy atom. The molecule has 0 fully saturated rings. The van der Waals surface area contributed by atoms with Gasteiger partial charge in [-0.2, -0.15) is 0 Å². The lowest BCUT2D eigenvalue weighted by Crippen LogP contribution is -2.37. The Morgan fingerprint density at radius 3 is 2.47 bits per heavy atom. The van der Waals surface area contributed by atoms with Gasteiger partial charge in [0.05, 0.1) is 0 Å². The van der Waals surface area contributed by atoms with E-state index in [1.807, 2.05) is 0 Å². The largest absolute Gasteiger partial charge is 0.369 e. The third-order valence-electron chi connectivity index (χ3n) is 1.88. The van der Waals surface area contributed by atoms with E-state index in [1.54, 1.807) is 6.92 Å². The number of halogens is 1. The smallest absolute Gasteiger partial charge is 0.248 e. The van der Waals surface area contributed by atoms with Crippen LogP contribution in [-0.2, 0) is 9.53 Å². The Balaban J connectivity index is 0. The lowest BCUT2D eigenvalue weighted by molar-refractivity contribution is -0.131. The van der Waals surface area contributed by atoms with Crippen LogP contribution in [0.1, 0.15) is 27.2 Å². The number of rotatable bonds is 7. The first-order valence-electron chi connectivity index (χ1n) is 5.17. The van der Waals surface area contributed by atoms with Gasteiger partial charge >= 0.3 is 0 Å². The summed E-state index contributed by atoms with van der Waals surface area (Å²) in [5.74, 6) is 0.522. The first-order valence-corrected chi connectivity index (χ1v) is 5.17. The number of carbonyl (C=O) groups excluding carboxylic acids is 1. The normalized spacial score (nSPS) is 12.1. The van der Waals surface area contributed by atoms with Gasteiger partial charge in [0.15, 0.2) is 0 Å². The predicted octanol–water partition coefficient (Wildman–Crippen LogP) is 0.934. The second kappa shape index (κ2) is 10.2. The van der Waals surface area contributed by atoms with E-state index in [9.17, 15) is 4.79 Å². The van der Waals surface area contributed by atoms with Crippen molar-refractivity contribution in [3.05, 3.63) is 0 Å². The van der Waals surface area contributed by atoms with E-state index >= 15 is 0 Å². The summed E-state index contributed by atoms with van der Waals surface area (Å²) >= 11 is 0. The zero-order valence-electron chi connectivity index (χ0n) is 9.79. The van der Waals surface area contributed by atoms with Gasteiger partial charge in [0.2, 0.25) is 5.91 Å². The van der Waals surface area contributed by atoms with Gasteiger partial charge in [0, 0.05) is 19.7 Å². The van der Waals surface area contributed by atoms with Crippen LogP contribution in [0.4, 0.5) is 0 Å². The van der Waals surface area contributed by atoms with Gasteiger partial charge in [-0.25, -0.2) is 0 Å². The molecule has 0 bridgehead atoms. The third kappa shape index (κ3) is 9.97. The SMILES string of the molecule is CC(C)CCOC(C)C(=O)NCCN.Cl. The molecule has 0 aliphatic carbocycles. The van der Waals surface area contributed by atoms with Crippen LogP contribution < -0.4 is 11.1 Å². The monoisotopic (exact) mass is 238 g/mol. The van der Waals surface area contributed by atoms with Crippen LogP contribution >= 0.6 is 12.4 Å². The fourth-order valence-electron chi connectivity index (χ4n) is 0.895. The fourth-order valence-corrected chi connectivity index (χ4v) is 0.895. The summed E-state index contributed by atoms with van der Waals surface area (Å²) in [6, 6.07) is 0. The molecule has 15 heavy (non-hydrogen) atoms. The Labute approximate surface area is 98.3 Å². The molecule has 0 aliphatic heterocycles. The van der Waals surface area contributed by atoms with Crippen molar-refractivity contribution in [2.24, 2.45) is 11.7 Å². The molecule has 0 spiro atoms. The molecule has 3 N–H and O–H groups in total. The van der Waals surface area contributed by atoms with Crippen LogP contribution in [0.15, 0.2) is 0 Å². The van der Waals surface area contributed by atoms with Crippen molar-refractivity contribution in [2.45, 2.75) is 33.3 Å². The lowest BCUT2D eigenvalue weighted by Gasteiger charge is -2.13. The van der Waals surface area contributed by atoms with Gasteiger partial charge < -0.3 is 15.8 Å². The average molecular weight is 239 g/mol. The number of nitrogens with two attached hydrogens (primary N) is 1. The van der Waals surface area contributed by atoms with Crippen LogP contribution in [0.2, 0.25) is 0 Å². The van der Waals surface area contributed by atoms with Gasteiger partial charge in [-0.15, -0.1) is 12.4 Å². The number of ether oxygens (including phenoxy) is 1. The third-order valence-corrected chi connectivity index (χ3v) is 1.88. The van der Waals surface area contributed by atoms with Crippen molar-refractivity contribution >= 4 is 18.3 Å². The van der Waals surface area contributed by atoms with E-state index < -0.39 is 0 Å². The standard InChI is InChI=1S/C10H22N2O2.ClH/c1-8(2)4-7-14-9(3)10(13)12-6-5-11;/h8-9H,4-7,11H2,1-3H3,(H,12,13);1H. The number of amides is 1. The first kappa shape index (κ1) is 17.1. The summed E-state index contributed by atoms with van der Waals surface area (Å²) in [5, 5.41) is 2.68. The molecule has 0 aromatic heterocycles. The zero-order chi connectivity index (χ0) is 11.0. The Bertz CT molecular complexity index is 166. The number of hydrogen-bond acceptors (Lipinski definition) is 3. The molecule has 0 aromatic rings. The molecule has 0 aliphatic rings. The molecule has 5 heteroatoms. The highest BCUT2D eigenvalue weighted by Gasteiger charge is 2.11. The molecule has 1 unspecified atom stereocenters. The van der Waals surface area contributed by atoms with E-state index in [4.69, 9.17) is 10.5 Å². The summed E-state index contributed by atoms with van der Waals surface area (Å²) in [7, 11) is 0. The van der Waals surface area contributed by atoms with E-state index in [2.05, 4.69) is 19.2 Å². The highest BCUT2D eigenvalue weighted by atomic mass is 35.5. The molecule has 92 valence electrons. The van der Waals surface area contributed by atoms with Crippen LogP contribution in [-0.4, -0.2) is 31.7 Å². The summed E-state index contributed by atoms with van der Waals surface area (Å²) in [6.45, 7) is 7.62. The van der Waals surface area contributed by atoms with Crippen molar-refractivity contribution in [1.82, 2.24) is 5.32 Å². The Morgan fingerprint density at radius 2 is 2.00 bits per heavy atom. The summed E-state index contributed by atoms with van der Waals surface area (Å²) < 4.78 is 5.36. The van der Waals surface area contributed by atoms with E-state index in [-0.39, 0.29) is 24.4 Å². The van der Waals surface area contributed by atoms with E-state index in [1.165, 1.54) is 0 Å². The lowest BCUT2D eigenvalue weighted by atomic mass is 10.1. The minimum Gasteiger partial charge on any atom is -0.369 e. The summed E-state index contributed by atoms with van der Waals surface area (Å²) in [5.41, 5.74) is 5.26. The molecule has 0 saturated heterocycles. The Hall–Kier alpha value is -0.320. The minimum absolute atomic E-state index is 0. The van der Waals surface area contributed by atoms with Crippen molar-refractivity contribution in [1.29, 1.82) is 0 Å². The van der Waals surface area contributed by atoms with Gasteiger partial charge in [-0.3, -0.25) is 4.79 Å². The van der Waals surface area contributed by atoms with Gasteiger partial charge in [0.1, 0.15) is 6.10 Å². The number of carbonyl (C=O) groups is 1. The Kier molecular flexibility index (Phi) is 11.6. The molecular formula is C10H23ClN2O2. The van der Waals surface area contributed by atoms with Crippen molar-refractivity contribution < 1.29 is 9.53 Å². The van der Waals surface area contributed by atoms with Crippen LogP contribution in [0.25, 0.3) is 0 Å². The predicted molar refractivity (Wildman–Crippen MR) is 64.2 cm³/mol. The second-order valence-electron chi connectivity index (χ2n) is 3.78. The van der Waals surface area contributed by atoms with Crippen LogP contribution in [0, 0.1) is 5.92 Å². The first-order chi connectivity index (χ1) is 6.57. The summed E-state index contributed by atoms with van der Waals surface area (Å²) in [4.78, 5) is 11.3. The second-order valence-corrected chi connectivity index (χ2v) is 3.78. The van der Waals surface area contributed by atoms with Crippen molar-refractivity contribution in [2.75, 3.05) is 19.7 Å². The molecule has 0 aromatic carbocycles. The van der Waals surface area contributed by atoms with Crippen molar-refractivity contribution in [3.63, 3.8) is 0 Å². The number of hydrogen-bond donors (Lipinski definition) is 2.